The fourth-order valence-corrected chi connectivity index (χ4v) is 2.98. The van der Waals surface area contributed by atoms with Gasteiger partial charge in [-0.1, -0.05) is 40.5 Å². The molecule has 126 valence electrons. The molecule has 0 radical (unpaired) electrons. The maximum Gasteiger partial charge on any atom is 0.408 e. The number of aromatic amines is 1. The second-order valence-electron chi connectivity index (χ2n) is 6.67. The second kappa shape index (κ2) is 7.86. The molecule has 0 aliphatic carbocycles. The molecule has 2 aromatic rings. The van der Waals surface area contributed by atoms with Crippen LogP contribution in [0.2, 0.25) is 0 Å². The summed E-state index contributed by atoms with van der Waals surface area (Å²) in [5.74, 6) is 0. The first kappa shape index (κ1) is 17.9. The zero-order valence-electron chi connectivity index (χ0n) is 14.0. The number of carbonyl (C=O) groups excluding carboxylic acids is 1. The van der Waals surface area contributed by atoms with Crippen molar-refractivity contribution in [3.63, 3.8) is 0 Å². The maximum absolute atomic E-state index is 12.2. The van der Waals surface area contributed by atoms with Gasteiger partial charge in [0.1, 0.15) is 5.60 Å². The van der Waals surface area contributed by atoms with Gasteiger partial charge in [-0.05, 0) is 45.2 Å². The number of halogens is 1. The molecular weight excluding hydrogens is 356 g/mol. The second-order valence-corrected chi connectivity index (χ2v) is 7.47. The zero-order valence-corrected chi connectivity index (χ0v) is 15.6. The maximum atomic E-state index is 12.2. The van der Waals surface area contributed by atoms with Crippen molar-refractivity contribution in [3.8, 4) is 0 Å². The van der Waals surface area contributed by atoms with Gasteiger partial charge in [0, 0.05) is 22.4 Å². The number of para-hydroxylation sites is 1. The number of carbonyl (C=O) groups is 1. The van der Waals surface area contributed by atoms with E-state index in [4.69, 9.17) is 4.74 Å². The molecule has 23 heavy (non-hydrogen) atoms. The van der Waals surface area contributed by atoms with Gasteiger partial charge in [-0.15, -0.1) is 0 Å². The number of hydrogen-bond donors (Lipinski definition) is 2. The molecule has 0 fully saturated rings. The lowest BCUT2D eigenvalue weighted by molar-refractivity contribution is 0.0501. The average Bonchev–Trinajstić information content (AvgIpc) is 2.88. The molecule has 0 spiro atoms. The van der Waals surface area contributed by atoms with Crippen LogP contribution in [0.5, 0.6) is 0 Å². The number of amides is 1. The number of fused-ring (bicyclic) bond motifs is 1. The summed E-state index contributed by atoms with van der Waals surface area (Å²) >= 11 is 3.46. The van der Waals surface area contributed by atoms with E-state index in [-0.39, 0.29) is 12.1 Å². The minimum Gasteiger partial charge on any atom is -0.444 e. The molecule has 0 aliphatic heterocycles. The normalized spacial score (nSPS) is 13.0. The molecular formula is C18H25BrN2O2. The van der Waals surface area contributed by atoms with Crippen molar-refractivity contribution in [2.75, 3.05) is 5.33 Å². The highest BCUT2D eigenvalue weighted by Gasteiger charge is 2.22. The van der Waals surface area contributed by atoms with E-state index in [0.717, 1.165) is 41.1 Å². The molecule has 0 saturated heterocycles. The largest absolute Gasteiger partial charge is 0.444 e. The standard InChI is InChI=1S/C18H25BrN2O2/c1-18(2,3)23-17(22)21-16(10-6-7-11-19)14-12-20-15-9-5-4-8-13(14)15/h4-5,8-9,12,16,20H,6-7,10-11H2,1-3H3,(H,21,22)/t16-/m0/s1. The summed E-state index contributed by atoms with van der Waals surface area (Å²) in [6, 6.07) is 8.09. The van der Waals surface area contributed by atoms with Gasteiger partial charge in [0.15, 0.2) is 0 Å². The summed E-state index contributed by atoms with van der Waals surface area (Å²) in [7, 11) is 0. The predicted molar refractivity (Wildman–Crippen MR) is 98.1 cm³/mol. The molecule has 0 bridgehead atoms. The quantitative estimate of drug-likeness (QED) is 0.527. The number of benzene rings is 1. The molecule has 1 aromatic carbocycles. The Morgan fingerprint density at radius 3 is 2.74 bits per heavy atom. The first-order valence-electron chi connectivity index (χ1n) is 8.02. The molecule has 2 rings (SSSR count). The Balaban J connectivity index is 2.18. The van der Waals surface area contributed by atoms with Crippen molar-refractivity contribution in [1.29, 1.82) is 0 Å². The van der Waals surface area contributed by atoms with Crippen molar-refractivity contribution >= 4 is 32.9 Å². The molecule has 1 heterocycles. The third-order valence-electron chi connectivity index (χ3n) is 3.56. The number of rotatable bonds is 6. The van der Waals surface area contributed by atoms with E-state index in [2.05, 4.69) is 32.3 Å². The van der Waals surface area contributed by atoms with E-state index in [1.807, 2.05) is 45.2 Å². The summed E-state index contributed by atoms with van der Waals surface area (Å²) in [6.07, 6.45) is 4.61. The molecule has 5 heteroatoms. The summed E-state index contributed by atoms with van der Waals surface area (Å²) in [6.45, 7) is 5.62. The number of alkyl halides is 1. The smallest absolute Gasteiger partial charge is 0.408 e. The van der Waals surface area contributed by atoms with Crippen molar-refractivity contribution in [2.45, 2.75) is 51.7 Å². The van der Waals surface area contributed by atoms with E-state index < -0.39 is 5.60 Å². The van der Waals surface area contributed by atoms with Gasteiger partial charge in [-0.25, -0.2) is 4.79 Å². The minimum absolute atomic E-state index is 0.0555. The van der Waals surface area contributed by atoms with E-state index in [1.165, 1.54) is 0 Å². The Bertz CT molecular complexity index is 646. The molecule has 1 atom stereocenters. The number of ether oxygens (including phenoxy) is 1. The van der Waals surface area contributed by atoms with Crippen molar-refractivity contribution in [1.82, 2.24) is 10.3 Å². The van der Waals surface area contributed by atoms with Gasteiger partial charge < -0.3 is 15.0 Å². The number of hydrogen-bond acceptors (Lipinski definition) is 2. The minimum atomic E-state index is -0.495. The highest BCUT2D eigenvalue weighted by atomic mass is 79.9. The van der Waals surface area contributed by atoms with Crippen molar-refractivity contribution in [2.24, 2.45) is 0 Å². The summed E-state index contributed by atoms with van der Waals surface area (Å²) < 4.78 is 5.42. The van der Waals surface area contributed by atoms with E-state index in [1.54, 1.807) is 0 Å². The van der Waals surface area contributed by atoms with Crippen LogP contribution in [0.4, 0.5) is 4.79 Å². The fraction of sp³-hybridized carbons (Fsp3) is 0.500. The molecule has 1 aromatic heterocycles. The molecule has 4 nitrogen and oxygen atoms in total. The topological polar surface area (TPSA) is 54.1 Å². The fourth-order valence-electron chi connectivity index (χ4n) is 2.58. The van der Waals surface area contributed by atoms with Gasteiger partial charge in [0.25, 0.3) is 0 Å². The summed E-state index contributed by atoms with van der Waals surface area (Å²) in [5, 5.41) is 5.15. The third-order valence-corrected chi connectivity index (χ3v) is 4.12. The van der Waals surface area contributed by atoms with Gasteiger partial charge in [0.2, 0.25) is 0 Å². The Labute approximate surface area is 146 Å². The first-order chi connectivity index (χ1) is 10.9. The highest BCUT2D eigenvalue weighted by Crippen LogP contribution is 2.28. The summed E-state index contributed by atoms with van der Waals surface area (Å²) in [5.41, 5.74) is 1.70. The Morgan fingerprint density at radius 1 is 1.30 bits per heavy atom. The SMILES string of the molecule is CC(C)(C)OC(=O)N[C@@H](CCCCBr)c1c[nH]c2ccccc12. The molecule has 0 unspecified atom stereocenters. The van der Waals surface area contributed by atoms with E-state index >= 15 is 0 Å². The number of nitrogens with one attached hydrogen (secondary N) is 2. The Morgan fingerprint density at radius 2 is 2.04 bits per heavy atom. The van der Waals surface area contributed by atoms with Gasteiger partial charge in [-0.2, -0.15) is 0 Å². The van der Waals surface area contributed by atoms with Crippen LogP contribution in [0.15, 0.2) is 30.5 Å². The van der Waals surface area contributed by atoms with Crippen LogP contribution in [-0.4, -0.2) is 22.0 Å². The predicted octanol–water partition coefficient (Wildman–Crippen LogP) is 5.30. The Kier molecular flexibility index (Phi) is 6.10. The molecule has 2 N–H and O–H groups in total. The molecule has 0 saturated carbocycles. The lowest BCUT2D eigenvalue weighted by Gasteiger charge is -2.23. The van der Waals surface area contributed by atoms with Crippen LogP contribution >= 0.6 is 15.9 Å². The van der Waals surface area contributed by atoms with E-state index in [0.29, 0.717) is 0 Å². The molecule has 1 amide bonds. The monoisotopic (exact) mass is 380 g/mol. The Hall–Kier alpha value is -1.49. The summed E-state index contributed by atoms with van der Waals surface area (Å²) in [4.78, 5) is 15.5. The van der Waals surface area contributed by atoms with Crippen LogP contribution in [0.3, 0.4) is 0 Å². The lowest BCUT2D eigenvalue weighted by atomic mass is 10.0. The molecule has 0 aliphatic rings. The van der Waals surface area contributed by atoms with Crippen LogP contribution < -0.4 is 5.32 Å². The van der Waals surface area contributed by atoms with Crippen LogP contribution in [-0.2, 0) is 4.74 Å². The highest BCUT2D eigenvalue weighted by molar-refractivity contribution is 9.09. The average molecular weight is 381 g/mol. The zero-order chi connectivity index (χ0) is 16.9. The van der Waals surface area contributed by atoms with Gasteiger partial charge in [-0.3, -0.25) is 0 Å². The van der Waals surface area contributed by atoms with Crippen LogP contribution in [0.25, 0.3) is 10.9 Å². The van der Waals surface area contributed by atoms with E-state index in [9.17, 15) is 4.79 Å². The van der Waals surface area contributed by atoms with Crippen LogP contribution in [0.1, 0.15) is 51.6 Å². The van der Waals surface area contributed by atoms with Crippen molar-refractivity contribution in [3.05, 3.63) is 36.0 Å². The van der Waals surface area contributed by atoms with Crippen molar-refractivity contribution < 1.29 is 9.53 Å². The number of unbranched alkanes of at least 4 members (excludes halogenated alkanes) is 1. The lowest BCUT2D eigenvalue weighted by Crippen LogP contribution is -2.35. The van der Waals surface area contributed by atoms with Gasteiger partial charge >= 0.3 is 6.09 Å². The van der Waals surface area contributed by atoms with Gasteiger partial charge in [0.05, 0.1) is 6.04 Å². The number of alkyl carbamates (subject to hydrolysis) is 1. The third kappa shape index (κ3) is 5.27. The first-order valence-corrected chi connectivity index (χ1v) is 9.14. The number of H-pyrrole nitrogens is 1. The number of aromatic nitrogens is 1. The van der Waals surface area contributed by atoms with Crippen LogP contribution in [0, 0.1) is 0 Å².